The zero-order valence-electron chi connectivity index (χ0n) is 15.2. The van der Waals surface area contributed by atoms with Gasteiger partial charge in [-0.3, -0.25) is 9.69 Å². The van der Waals surface area contributed by atoms with Crippen LogP contribution >= 0.6 is 11.3 Å². The van der Waals surface area contributed by atoms with Crippen molar-refractivity contribution in [1.29, 1.82) is 0 Å². The zero-order valence-corrected chi connectivity index (χ0v) is 16.1. The minimum absolute atomic E-state index is 0.0210. The summed E-state index contributed by atoms with van der Waals surface area (Å²) in [4.78, 5) is 18.3. The van der Waals surface area contributed by atoms with E-state index in [9.17, 15) is 4.79 Å². The summed E-state index contributed by atoms with van der Waals surface area (Å²) in [6.07, 6.45) is 1.94. The van der Waals surface area contributed by atoms with Gasteiger partial charge in [-0.05, 0) is 44.0 Å². The Labute approximate surface area is 159 Å². The molecule has 0 unspecified atom stereocenters. The van der Waals surface area contributed by atoms with Gasteiger partial charge in [-0.1, -0.05) is 18.2 Å². The third-order valence-electron chi connectivity index (χ3n) is 5.74. The standard InChI is InChI=1S/C21H26N2O2S/c1-16-7-8-18(26-16)13-23-14-19(21(15-23)9-11-25-12-10-21)20(24)22-17-5-3-2-4-6-17/h2-8,19H,9-15H2,1H3,(H,22,24)/t19-/m1/s1. The average Bonchev–Trinajstić information content (AvgIpc) is 3.20. The van der Waals surface area contributed by atoms with Crippen molar-refractivity contribution in [3.8, 4) is 0 Å². The second-order valence-corrected chi connectivity index (χ2v) is 8.94. The maximum atomic E-state index is 13.1. The lowest BCUT2D eigenvalue weighted by Gasteiger charge is -2.37. The largest absolute Gasteiger partial charge is 0.381 e. The summed E-state index contributed by atoms with van der Waals surface area (Å²) in [6, 6.07) is 14.2. The first-order chi connectivity index (χ1) is 12.6. The Morgan fingerprint density at radius 2 is 2.00 bits per heavy atom. The van der Waals surface area contributed by atoms with Crippen molar-refractivity contribution in [3.63, 3.8) is 0 Å². The topological polar surface area (TPSA) is 41.6 Å². The second-order valence-electron chi connectivity index (χ2n) is 7.56. The number of thiophene rings is 1. The van der Waals surface area contributed by atoms with E-state index in [0.29, 0.717) is 0 Å². The molecule has 3 heterocycles. The number of rotatable bonds is 4. The molecule has 26 heavy (non-hydrogen) atoms. The minimum atomic E-state index is 0.0210. The maximum absolute atomic E-state index is 13.1. The third kappa shape index (κ3) is 3.70. The lowest BCUT2D eigenvalue weighted by atomic mass is 9.71. The third-order valence-corrected chi connectivity index (χ3v) is 6.73. The highest BCUT2D eigenvalue weighted by Gasteiger charge is 2.50. The summed E-state index contributed by atoms with van der Waals surface area (Å²) in [5.74, 6) is 0.177. The average molecular weight is 371 g/mol. The zero-order chi connectivity index (χ0) is 18.0. The van der Waals surface area contributed by atoms with Gasteiger partial charge >= 0.3 is 0 Å². The number of carbonyl (C=O) groups is 1. The smallest absolute Gasteiger partial charge is 0.229 e. The van der Waals surface area contributed by atoms with Crippen LogP contribution in [-0.2, 0) is 16.1 Å². The van der Waals surface area contributed by atoms with Crippen LogP contribution in [0.4, 0.5) is 5.69 Å². The molecule has 2 fully saturated rings. The fourth-order valence-electron chi connectivity index (χ4n) is 4.38. The van der Waals surface area contributed by atoms with Crippen molar-refractivity contribution < 1.29 is 9.53 Å². The number of ether oxygens (including phenoxy) is 1. The van der Waals surface area contributed by atoms with Crippen LogP contribution in [0.25, 0.3) is 0 Å². The number of aryl methyl sites for hydroxylation is 1. The second kappa shape index (κ2) is 7.51. The Balaban J connectivity index is 1.51. The Hall–Kier alpha value is -1.69. The summed E-state index contributed by atoms with van der Waals surface area (Å²) in [7, 11) is 0. The normalized spacial score (nSPS) is 22.6. The summed E-state index contributed by atoms with van der Waals surface area (Å²) in [6.45, 7) is 6.43. The molecule has 0 radical (unpaired) electrons. The molecule has 0 aliphatic carbocycles. The molecule has 138 valence electrons. The highest BCUT2D eigenvalue weighted by molar-refractivity contribution is 7.11. The van der Waals surface area contributed by atoms with Crippen LogP contribution in [0.3, 0.4) is 0 Å². The number of carbonyl (C=O) groups excluding carboxylic acids is 1. The molecule has 4 rings (SSSR count). The van der Waals surface area contributed by atoms with E-state index in [2.05, 4.69) is 29.3 Å². The molecule has 2 aliphatic rings. The molecule has 1 amide bonds. The molecule has 1 spiro atoms. The summed E-state index contributed by atoms with van der Waals surface area (Å²) in [5, 5.41) is 3.14. The molecule has 1 aromatic heterocycles. The van der Waals surface area contributed by atoms with Gasteiger partial charge in [-0.25, -0.2) is 0 Å². The molecule has 4 nitrogen and oxygen atoms in total. The summed E-state index contributed by atoms with van der Waals surface area (Å²) < 4.78 is 5.61. The Kier molecular flexibility index (Phi) is 5.11. The highest BCUT2D eigenvalue weighted by atomic mass is 32.1. The number of benzene rings is 1. The first-order valence-electron chi connectivity index (χ1n) is 9.36. The maximum Gasteiger partial charge on any atom is 0.229 e. The minimum Gasteiger partial charge on any atom is -0.381 e. The molecular formula is C21H26N2O2S. The highest BCUT2D eigenvalue weighted by Crippen LogP contribution is 2.45. The van der Waals surface area contributed by atoms with E-state index in [1.165, 1.54) is 9.75 Å². The SMILES string of the molecule is Cc1ccc(CN2C[C@H](C(=O)Nc3ccccc3)C3(CCOCC3)C2)s1. The molecule has 5 heteroatoms. The van der Waals surface area contributed by atoms with E-state index in [-0.39, 0.29) is 17.2 Å². The lowest BCUT2D eigenvalue weighted by molar-refractivity contribution is -0.124. The van der Waals surface area contributed by atoms with Crippen LogP contribution in [0.1, 0.15) is 22.6 Å². The van der Waals surface area contributed by atoms with Crippen LogP contribution in [-0.4, -0.2) is 37.1 Å². The molecule has 0 saturated carbocycles. The summed E-state index contributed by atoms with van der Waals surface area (Å²) in [5.41, 5.74) is 0.927. The van der Waals surface area contributed by atoms with Crippen molar-refractivity contribution in [2.45, 2.75) is 26.3 Å². The van der Waals surface area contributed by atoms with Gasteiger partial charge in [0.15, 0.2) is 0 Å². The number of hydrogen-bond acceptors (Lipinski definition) is 4. The number of para-hydroxylation sites is 1. The van der Waals surface area contributed by atoms with Gasteiger partial charge in [0.1, 0.15) is 0 Å². The van der Waals surface area contributed by atoms with Gasteiger partial charge < -0.3 is 10.1 Å². The van der Waals surface area contributed by atoms with Crippen LogP contribution < -0.4 is 5.32 Å². The van der Waals surface area contributed by atoms with E-state index in [1.54, 1.807) is 0 Å². The van der Waals surface area contributed by atoms with E-state index in [0.717, 1.165) is 51.4 Å². The van der Waals surface area contributed by atoms with Crippen molar-refractivity contribution in [2.75, 3.05) is 31.6 Å². The number of nitrogens with one attached hydrogen (secondary N) is 1. The van der Waals surface area contributed by atoms with Crippen LogP contribution in [0.2, 0.25) is 0 Å². The molecule has 2 aliphatic heterocycles. The van der Waals surface area contributed by atoms with Gasteiger partial charge in [0.05, 0.1) is 5.92 Å². The van der Waals surface area contributed by atoms with Gasteiger partial charge in [-0.2, -0.15) is 0 Å². The van der Waals surface area contributed by atoms with Crippen molar-refractivity contribution in [2.24, 2.45) is 11.3 Å². The van der Waals surface area contributed by atoms with E-state index in [1.807, 2.05) is 41.7 Å². The van der Waals surface area contributed by atoms with Gasteiger partial charge in [0.25, 0.3) is 0 Å². The fraction of sp³-hybridized carbons (Fsp3) is 0.476. The Morgan fingerprint density at radius 3 is 2.69 bits per heavy atom. The number of likely N-dealkylation sites (tertiary alicyclic amines) is 1. The van der Waals surface area contributed by atoms with Crippen molar-refractivity contribution in [1.82, 2.24) is 4.90 Å². The van der Waals surface area contributed by atoms with Gasteiger partial charge in [-0.15, -0.1) is 11.3 Å². The number of hydrogen-bond donors (Lipinski definition) is 1. The van der Waals surface area contributed by atoms with Gasteiger partial charge in [0.2, 0.25) is 5.91 Å². The lowest BCUT2D eigenvalue weighted by Crippen LogP contribution is -2.42. The van der Waals surface area contributed by atoms with Crippen molar-refractivity contribution >= 4 is 22.9 Å². The molecule has 1 N–H and O–H groups in total. The predicted molar refractivity (Wildman–Crippen MR) is 105 cm³/mol. The predicted octanol–water partition coefficient (Wildman–Crippen LogP) is 3.92. The monoisotopic (exact) mass is 370 g/mol. The molecule has 0 bridgehead atoms. The Bertz CT molecular complexity index is 752. The first kappa shape index (κ1) is 17.7. The molecule has 2 saturated heterocycles. The first-order valence-corrected chi connectivity index (χ1v) is 10.2. The van der Waals surface area contributed by atoms with Crippen LogP contribution in [0, 0.1) is 18.3 Å². The number of nitrogens with zero attached hydrogens (tertiary/aromatic N) is 1. The molecule has 1 aromatic carbocycles. The number of amides is 1. The quantitative estimate of drug-likeness (QED) is 0.887. The Morgan fingerprint density at radius 1 is 1.23 bits per heavy atom. The van der Waals surface area contributed by atoms with E-state index in [4.69, 9.17) is 4.74 Å². The summed E-state index contributed by atoms with van der Waals surface area (Å²) >= 11 is 1.86. The van der Waals surface area contributed by atoms with Crippen LogP contribution in [0.15, 0.2) is 42.5 Å². The van der Waals surface area contributed by atoms with Crippen molar-refractivity contribution in [3.05, 3.63) is 52.2 Å². The number of anilines is 1. The van der Waals surface area contributed by atoms with E-state index < -0.39 is 0 Å². The molecular weight excluding hydrogens is 344 g/mol. The van der Waals surface area contributed by atoms with Crippen LogP contribution in [0.5, 0.6) is 0 Å². The molecule has 1 atom stereocenters. The molecule has 2 aromatic rings. The van der Waals surface area contributed by atoms with Gasteiger partial charge in [0, 0.05) is 53.7 Å². The van der Waals surface area contributed by atoms with E-state index >= 15 is 0 Å². The fourth-order valence-corrected chi connectivity index (χ4v) is 5.31.